The molecule has 22 heavy (non-hydrogen) atoms. The lowest BCUT2D eigenvalue weighted by Crippen LogP contribution is -2.35. The predicted molar refractivity (Wildman–Crippen MR) is 86.4 cm³/mol. The molecule has 0 radical (unpaired) electrons. The molecule has 0 saturated carbocycles. The van der Waals surface area contributed by atoms with Crippen molar-refractivity contribution in [1.82, 2.24) is 0 Å². The number of likely N-dealkylation sites (N-methyl/N-ethyl adjacent to an activating group) is 1. The number of anilines is 1. The molecule has 5 nitrogen and oxygen atoms in total. The molecule has 1 aliphatic rings. The summed E-state index contributed by atoms with van der Waals surface area (Å²) in [6.07, 6.45) is 7.25. The fraction of sp³-hybridized carbons (Fsp3) is 0.188. The summed E-state index contributed by atoms with van der Waals surface area (Å²) in [5, 5.41) is 11.7. The van der Waals surface area contributed by atoms with Gasteiger partial charge in [-0.3, -0.25) is 14.9 Å². The van der Waals surface area contributed by atoms with Crippen molar-refractivity contribution in [3.63, 3.8) is 0 Å². The van der Waals surface area contributed by atoms with E-state index in [9.17, 15) is 14.9 Å². The Hall–Kier alpha value is -2.40. The number of para-hydroxylation sites is 1. The van der Waals surface area contributed by atoms with Gasteiger partial charge in [-0.15, -0.1) is 0 Å². The van der Waals surface area contributed by atoms with E-state index in [0.717, 1.165) is 0 Å². The van der Waals surface area contributed by atoms with Gasteiger partial charge in [-0.2, -0.15) is 0 Å². The van der Waals surface area contributed by atoms with E-state index < -0.39 is 10.5 Å². The monoisotopic (exact) mass is 318 g/mol. The Kier molecular flexibility index (Phi) is 4.78. The summed E-state index contributed by atoms with van der Waals surface area (Å²) in [7, 11) is 1.62. The van der Waals surface area contributed by atoms with Gasteiger partial charge in [0.1, 0.15) is 0 Å². The maximum Gasteiger partial charge on any atom is 0.264 e. The molecule has 1 amide bonds. The van der Waals surface area contributed by atoms with Gasteiger partial charge in [0.25, 0.3) is 11.4 Å². The van der Waals surface area contributed by atoms with Crippen molar-refractivity contribution in [3.05, 3.63) is 75.9 Å². The van der Waals surface area contributed by atoms with Crippen LogP contribution in [-0.2, 0) is 4.79 Å². The van der Waals surface area contributed by atoms with E-state index in [4.69, 9.17) is 11.6 Å². The third kappa shape index (κ3) is 3.43. The third-order valence-corrected chi connectivity index (χ3v) is 3.67. The first-order valence-corrected chi connectivity index (χ1v) is 7.04. The molecule has 0 bridgehead atoms. The third-order valence-electron chi connectivity index (χ3n) is 3.44. The largest absolute Gasteiger partial charge is 0.312 e. The van der Waals surface area contributed by atoms with Crippen LogP contribution in [0.4, 0.5) is 5.69 Å². The highest BCUT2D eigenvalue weighted by molar-refractivity contribution is 6.31. The summed E-state index contributed by atoms with van der Waals surface area (Å²) in [5.74, 6) is -0.341. The number of nitrogens with zero attached hydrogens (tertiary/aromatic N) is 2. The molecule has 1 aliphatic carbocycles. The molecular formula is C16H15ClN2O3. The minimum atomic E-state index is -1.47. The summed E-state index contributed by atoms with van der Waals surface area (Å²) in [6, 6.07) is 9.05. The highest BCUT2D eigenvalue weighted by Crippen LogP contribution is 2.28. The van der Waals surface area contributed by atoms with Crippen molar-refractivity contribution in [2.75, 3.05) is 11.9 Å². The number of carbonyl (C=O) groups excluding carboxylic acids is 1. The van der Waals surface area contributed by atoms with Gasteiger partial charge in [0.2, 0.25) is 0 Å². The van der Waals surface area contributed by atoms with Crippen LogP contribution < -0.4 is 4.90 Å². The van der Waals surface area contributed by atoms with Crippen LogP contribution in [0.3, 0.4) is 0 Å². The van der Waals surface area contributed by atoms with Crippen molar-refractivity contribution in [2.24, 2.45) is 0 Å². The summed E-state index contributed by atoms with van der Waals surface area (Å²) < 4.78 is 0. The van der Waals surface area contributed by atoms with Crippen LogP contribution >= 0.6 is 11.6 Å². The summed E-state index contributed by atoms with van der Waals surface area (Å²) in [6.45, 7) is 0. The van der Waals surface area contributed by atoms with Crippen LogP contribution in [-0.4, -0.2) is 23.4 Å². The Labute approximate surface area is 133 Å². The molecule has 0 heterocycles. The Morgan fingerprint density at radius 1 is 1.41 bits per heavy atom. The SMILES string of the molecule is CN(C(=O)C=CC1([N+](=O)[O-])C=C(Cl)C=CC1)c1ccccc1. The fourth-order valence-electron chi connectivity index (χ4n) is 2.12. The van der Waals surface area contributed by atoms with E-state index in [0.29, 0.717) is 5.69 Å². The summed E-state index contributed by atoms with van der Waals surface area (Å²) >= 11 is 5.86. The number of rotatable bonds is 4. The van der Waals surface area contributed by atoms with E-state index in [1.807, 2.05) is 18.2 Å². The lowest BCUT2D eigenvalue weighted by molar-refractivity contribution is -0.539. The summed E-state index contributed by atoms with van der Waals surface area (Å²) in [5.41, 5.74) is -0.761. The lowest BCUT2D eigenvalue weighted by Gasteiger charge is -2.20. The maximum absolute atomic E-state index is 12.2. The Bertz CT molecular complexity index is 667. The molecule has 2 rings (SSSR count). The van der Waals surface area contributed by atoms with Gasteiger partial charge in [-0.05, 0) is 18.2 Å². The van der Waals surface area contributed by atoms with Crippen LogP contribution in [0.25, 0.3) is 0 Å². The minimum Gasteiger partial charge on any atom is -0.312 e. The Balaban J connectivity index is 2.20. The second-order valence-electron chi connectivity index (χ2n) is 4.95. The van der Waals surface area contributed by atoms with Crippen molar-refractivity contribution in [1.29, 1.82) is 0 Å². The molecule has 0 spiro atoms. The lowest BCUT2D eigenvalue weighted by atomic mass is 9.91. The molecule has 0 fully saturated rings. The number of hydrogen-bond acceptors (Lipinski definition) is 3. The average Bonchev–Trinajstić information content (AvgIpc) is 2.52. The van der Waals surface area contributed by atoms with Gasteiger partial charge in [0, 0.05) is 47.3 Å². The molecule has 114 valence electrons. The van der Waals surface area contributed by atoms with Gasteiger partial charge in [-0.1, -0.05) is 35.9 Å². The first kappa shape index (κ1) is 16.0. The molecular weight excluding hydrogens is 304 g/mol. The maximum atomic E-state index is 12.2. The van der Waals surface area contributed by atoms with E-state index >= 15 is 0 Å². The molecule has 1 aromatic rings. The number of nitro groups is 1. The number of hydrogen-bond donors (Lipinski definition) is 0. The molecule has 1 atom stereocenters. The Morgan fingerprint density at radius 3 is 2.68 bits per heavy atom. The average molecular weight is 319 g/mol. The van der Waals surface area contributed by atoms with Crippen molar-refractivity contribution >= 4 is 23.2 Å². The second-order valence-corrected chi connectivity index (χ2v) is 5.39. The van der Waals surface area contributed by atoms with Gasteiger partial charge < -0.3 is 4.90 Å². The van der Waals surface area contributed by atoms with Crippen molar-refractivity contribution < 1.29 is 9.72 Å². The number of amides is 1. The summed E-state index contributed by atoms with van der Waals surface area (Å²) in [4.78, 5) is 24.5. The zero-order chi connectivity index (χ0) is 16.2. The van der Waals surface area contributed by atoms with Gasteiger partial charge in [-0.25, -0.2) is 0 Å². The predicted octanol–water partition coefficient (Wildman–Crippen LogP) is 3.30. The van der Waals surface area contributed by atoms with Gasteiger partial charge >= 0.3 is 0 Å². The first-order valence-electron chi connectivity index (χ1n) is 6.66. The number of benzene rings is 1. The van der Waals surface area contributed by atoms with Crippen LogP contribution in [0.1, 0.15) is 6.42 Å². The van der Waals surface area contributed by atoms with E-state index in [1.54, 1.807) is 31.3 Å². The van der Waals surface area contributed by atoms with Crippen LogP contribution in [0.5, 0.6) is 0 Å². The molecule has 0 aliphatic heterocycles. The molecule has 1 unspecified atom stereocenters. The molecule has 0 N–H and O–H groups in total. The van der Waals surface area contributed by atoms with E-state index in [-0.39, 0.29) is 17.4 Å². The molecule has 6 heteroatoms. The highest BCUT2D eigenvalue weighted by Gasteiger charge is 2.38. The normalized spacial score (nSPS) is 20.7. The zero-order valence-electron chi connectivity index (χ0n) is 12.0. The number of halogens is 1. The number of allylic oxidation sites excluding steroid dienone is 2. The van der Waals surface area contributed by atoms with Gasteiger partial charge in [0.05, 0.1) is 0 Å². The van der Waals surface area contributed by atoms with E-state index in [1.165, 1.54) is 23.1 Å². The smallest absolute Gasteiger partial charge is 0.264 e. The molecule has 0 aromatic heterocycles. The first-order chi connectivity index (χ1) is 10.4. The quantitative estimate of drug-likeness (QED) is 0.486. The highest BCUT2D eigenvalue weighted by atomic mass is 35.5. The van der Waals surface area contributed by atoms with Crippen LogP contribution in [0.2, 0.25) is 0 Å². The fourth-order valence-corrected chi connectivity index (χ4v) is 2.39. The van der Waals surface area contributed by atoms with Crippen molar-refractivity contribution in [3.8, 4) is 0 Å². The standard InChI is InChI=1S/C16H15ClN2O3/c1-18(14-7-3-2-4-8-14)15(20)9-11-16(19(21)22)10-5-6-13(17)12-16/h2-9,11-12H,10H2,1H3. The van der Waals surface area contributed by atoms with Gasteiger partial charge in [0.15, 0.2) is 0 Å². The zero-order valence-corrected chi connectivity index (χ0v) is 12.7. The number of carbonyl (C=O) groups is 1. The van der Waals surface area contributed by atoms with Crippen LogP contribution in [0, 0.1) is 10.1 Å². The molecule has 0 saturated heterocycles. The van der Waals surface area contributed by atoms with Crippen LogP contribution in [0.15, 0.2) is 65.7 Å². The van der Waals surface area contributed by atoms with Crippen molar-refractivity contribution in [2.45, 2.75) is 12.0 Å². The Morgan fingerprint density at radius 2 is 2.09 bits per heavy atom. The molecule has 1 aromatic carbocycles. The second kappa shape index (κ2) is 6.58. The minimum absolute atomic E-state index is 0.162. The van der Waals surface area contributed by atoms with E-state index in [2.05, 4.69) is 0 Å². The topological polar surface area (TPSA) is 63.5 Å².